The molecule has 8 heteroatoms. The van der Waals surface area contributed by atoms with Crippen LogP contribution in [0.3, 0.4) is 0 Å². The number of ether oxygens (including phenoxy) is 1. The summed E-state index contributed by atoms with van der Waals surface area (Å²) in [5.74, 6) is 2.34. The van der Waals surface area contributed by atoms with Crippen LogP contribution < -0.4 is 10.1 Å². The smallest absolute Gasteiger partial charge is 0.243 e. The summed E-state index contributed by atoms with van der Waals surface area (Å²) in [6, 6.07) is 19.2. The molecule has 1 atom stereocenters. The van der Waals surface area contributed by atoms with Gasteiger partial charge in [0, 0.05) is 22.8 Å². The fourth-order valence-corrected chi connectivity index (χ4v) is 4.95. The second-order valence-corrected chi connectivity index (χ2v) is 8.74. The first kappa shape index (κ1) is 21.1. The first-order valence-electron chi connectivity index (χ1n) is 9.62. The van der Waals surface area contributed by atoms with E-state index in [4.69, 9.17) is 14.2 Å². The van der Waals surface area contributed by atoms with Crippen molar-refractivity contribution in [3.05, 3.63) is 83.1 Å². The Morgan fingerprint density at radius 2 is 1.97 bits per heavy atom. The Morgan fingerprint density at radius 3 is 2.65 bits per heavy atom. The highest BCUT2D eigenvalue weighted by atomic mass is 32.2. The molecule has 6 nitrogen and oxygen atoms in total. The number of anilines is 1. The van der Waals surface area contributed by atoms with Gasteiger partial charge >= 0.3 is 0 Å². The van der Waals surface area contributed by atoms with Gasteiger partial charge in [-0.3, -0.25) is 4.79 Å². The molecule has 2 aromatic carbocycles. The van der Waals surface area contributed by atoms with Crippen molar-refractivity contribution in [2.75, 3.05) is 12.4 Å². The summed E-state index contributed by atoms with van der Waals surface area (Å²) in [5.41, 5.74) is 2.91. The number of nitrogens with one attached hydrogen (secondary N) is 1. The maximum atomic E-state index is 13.0. The zero-order valence-electron chi connectivity index (χ0n) is 17.1. The van der Waals surface area contributed by atoms with Gasteiger partial charge in [0.1, 0.15) is 21.8 Å². The van der Waals surface area contributed by atoms with Crippen LogP contribution in [0.25, 0.3) is 10.6 Å². The molecule has 2 heterocycles. The number of methoxy groups -OCH3 is 1. The first-order chi connectivity index (χ1) is 15.1. The predicted octanol–water partition coefficient (Wildman–Crippen LogP) is 5.73. The molecule has 1 N–H and O–H groups in total. The van der Waals surface area contributed by atoms with Crippen LogP contribution in [0.4, 0.5) is 5.82 Å². The molecule has 0 fully saturated rings. The van der Waals surface area contributed by atoms with E-state index < -0.39 is 5.25 Å². The van der Waals surface area contributed by atoms with Gasteiger partial charge in [-0.2, -0.15) is 0 Å². The Hall–Kier alpha value is -3.10. The van der Waals surface area contributed by atoms with E-state index in [0.717, 1.165) is 27.6 Å². The topological polar surface area (TPSA) is 77.2 Å². The van der Waals surface area contributed by atoms with Gasteiger partial charge in [0.05, 0.1) is 12.8 Å². The van der Waals surface area contributed by atoms with Crippen LogP contribution in [-0.4, -0.2) is 23.2 Å². The van der Waals surface area contributed by atoms with Gasteiger partial charge in [-0.1, -0.05) is 35.5 Å². The molecule has 4 rings (SSSR count). The van der Waals surface area contributed by atoms with Crippen LogP contribution in [-0.2, 0) is 10.5 Å². The Balaban J connectivity index is 1.47. The summed E-state index contributed by atoms with van der Waals surface area (Å²) in [7, 11) is 1.65. The van der Waals surface area contributed by atoms with Crippen LogP contribution in [0.1, 0.15) is 22.3 Å². The van der Waals surface area contributed by atoms with E-state index >= 15 is 0 Å². The molecule has 0 bridgehead atoms. The highest BCUT2D eigenvalue weighted by Gasteiger charge is 2.23. The third kappa shape index (κ3) is 5.34. The molecule has 1 amide bonds. The quantitative estimate of drug-likeness (QED) is 0.369. The molecule has 0 saturated carbocycles. The average molecular weight is 452 g/mol. The largest absolute Gasteiger partial charge is 0.497 e. The summed E-state index contributed by atoms with van der Waals surface area (Å²) >= 11 is 3.12. The van der Waals surface area contributed by atoms with Crippen molar-refractivity contribution in [1.82, 2.24) is 10.1 Å². The molecule has 0 aliphatic carbocycles. The number of thioether (sulfide) groups is 1. The highest BCUT2D eigenvalue weighted by Crippen LogP contribution is 2.34. The molecular weight excluding hydrogens is 430 g/mol. The van der Waals surface area contributed by atoms with Crippen LogP contribution in [0.15, 0.2) is 70.6 Å². The minimum Gasteiger partial charge on any atom is -0.497 e. The van der Waals surface area contributed by atoms with E-state index in [-0.39, 0.29) is 5.91 Å². The molecule has 0 radical (unpaired) electrons. The molecule has 0 spiro atoms. The minimum absolute atomic E-state index is 0.143. The Bertz CT molecular complexity index is 1140. The van der Waals surface area contributed by atoms with E-state index in [1.165, 1.54) is 11.8 Å². The zero-order chi connectivity index (χ0) is 21.6. The van der Waals surface area contributed by atoms with Crippen LogP contribution in [0.5, 0.6) is 5.75 Å². The number of rotatable bonds is 8. The normalized spacial score (nSPS) is 11.8. The lowest BCUT2D eigenvalue weighted by molar-refractivity contribution is -0.115. The summed E-state index contributed by atoms with van der Waals surface area (Å²) < 4.78 is 10.3. The van der Waals surface area contributed by atoms with E-state index in [9.17, 15) is 4.79 Å². The second-order valence-electron chi connectivity index (χ2n) is 6.79. The number of benzene rings is 2. The van der Waals surface area contributed by atoms with Crippen LogP contribution in [0.2, 0.25) is 0 Å². The molecule has 4 aromatic rings. The fraction of sp³-hybridized carbons (Fsp3) is 0.174. The highest BCUT2D eigenvalue weighted by molar-refractivity contribution is 7.99. The van der Waals surface area contributed by atoms with Crippen molar-refractivity contribution in [3.8, 4) is 16.3 Å². The van der Waals surface area contributed by atoms with Gasteiger partial charge in [-0.15, -0.1) is 23.1 Å². The molecule has 0 aliphatic rings. The summed E-state index contributed by atoms with van der Waals surface area (Å²) in [5, 5.41) is 9.29. The minimum atomic E-state index is -0.399. The van der Waals surface area contributed by atoms with Crippen molar-refractivity contribution in [2.24, 2.45) is 0 Å². The number of hydrogen-bond acceptors (Lipinski definition) is 7. The SMILES string of the molecule is COc1ccc(-c2nc(CSC(C(=O)Nc3cc(C)on3)c3ccccc3)cs2)cc1. The molecule has 0 aliphatic heterocycles. The third-order valence-electron chi connectivity index (χ3n) is 4.51. The maximum absolute atomic E-state index is 13.0. The number of hydrogen-bond donors (Lipinski definition) is 1. The van der Waals surface area contributed by atoms with Crippen molar-refractivity contribution in [1.29, 1.82) is 0 Å². The van der Waals surface area contributed by atoms with Crippen molar-refractivity contribution < 1.29 is 14.1 Å². The number of aromatic nitrogens is 2. The molecule has 0 saturated heterocycles. The van der Waals surface area contributed by atoms with E-state index in [1.54, 1.807) is 31.4 Å². The number of thiazole rings is 1. The fourth-order valence-electron chi connectivity index (χ4n) is 2.98. The van der Waals surface area contributed by atoms with Crippen LogP contribution >= 0.6 is 23.1 Å². The lowest BCUT2D eigenvalue weighted by atomic mass is 10.1. The monoisotopic (exact) mass is 451 g/mol. The van der Waals surface area contributed by atoms with Crippen molar-refractivity contribution in [2.45, 2.75) is 17.9 Å². The Morgan fingerprint density at radius 1 is 1.19 bits per heavy atom. The van der Waals surface area contributed by atoms with Gasteiger partial charge in [0.25, 0.3) is 0 Å². The summed E-state index contributed by atoms with van der Waals surface area (Å²) in [6.45, 7) is 1.79. The lowest BCUT2D eigenvalue weighted by Gasteiger charge is -2.15. The molecule has 31 heavy (non-hydrogen) atoms. The third-order valence-corrected chi connectivity index (χ3v) is 6.73. The summed E-state index contributed by atoms with van der Waals surface area (Å²) in [6.07, 6.45) is 0. The van der Waals surface area contributed by atoms with Crippen molar-refractivity contribution in [3.63, 3.8) is 0 Å². The van der Waals surface area contributed by atoms with Gasteiger partial charge in [0.15, 0.2) is 5.82 Å². The standard InChI is InChI=1S/C23H21N3O3S2/c1-15-12-20(26-29-15)25-22(27)21(16-6-4-3-5-7-16)30-13-18-14-31-23(24-18)17-8-10-19(28-2)11-9-17/h3-12,14,21H,13H2,1-2H3,(H,25,26,27). The predicted molar refractivity (Wildman–Crippen MR) is 124 cm³/mol. The van der Waals surface area contributed by atoms with Gasteiger partial charge in [-0.25, -0.2) is 4.98 Å². The average Bonchev–Trinajstić information content (AvgIpc) is 3.43. The first-order valence-corrected chi connectivity index (χ1v) is 11.5. The number of carbonyl (C=O) groups excluding carboxylic acids is 1. The van der Waals surface area contributed by atoms with Gasteiger partial charge < -0.3 is 14.6 Å². The second kappa shape index (κ2) is 9.80. The van der Waals surface area contributed by atoms with E-state index in [1.807, 2.05) is 60.0 Å². The van der Waals surface area contributed by atoms with Crippen LogP contribution in [0, 0.1) is 6.92 Å². The molecule has 1 unspecified atom stereocenters. The zero-order valence-corrected chi connectivity index (χ0v) is 18.7. The number of nitrogens with zero attached hydrogens (tertiary/aromatic N) is 2. The molecular formula is C23H21N3O3S2. The Labute approximate surface area is 188 Å². The lowest BCUT2D eigenvalue weighted by Crippen LogP contribution is -2.19. The number of aryl methyl sites for hydroxylation is 1. The van der Waals surface area contributed by atoms with E-state index in [2.05, 4.69) is 10.5 Å². The van der Waals surface area contributed by atoms with Gasteiger partial charge in [-0.05, 0) is 36.8 Å². The van der Waals surface area contributed by atoms with Crippen molar-refractivity contribution >= 4 is 34.8 Å². The Kier molecular flexibility index (Phi) is 6.69. The number of amides is 1. The molecule has 158 valence electrons. The summed E-state index contributed by atoms with van der Waals surface area (Å²) in [4.78, 5) is 17.7. The number of carbonyl (C=O) groups is 1. The van der Waals surface area contributed by atoms with Gasteiger partial charge in [0.2, 0.25) is 5.91 Å². The van der Waals surface area contributed by atoms with E-state index in [0.29, 0.717) is 17.3 Å². The maximum Gasteiger partial charge on any atom is 0.243 e. The molecule has 2 aromatic heterocycles.